The number of ether oxygens (including phenoxy) is 3. The minimum Gasteiger partial charge on any atom is -0.487 e. The molecule has 1 aliphatic heterocycles. The van der Waals surface area contributed by atoms with Gasteiger partial charge >= 0.3 is 5.97 Å². The molecular weight excluding hydrogens is 482 g/mol. The van der Waals surface area contributed by atoms with Crippen molar-refractivity contribution >= 4 is 5.97 Å². The van der Waals surface area contributed by atoms with Crippen LogP contribution in [0.25, 0.3) is 22.5 Å². The summed E-state index contributed by atoms with van der Waals surface area (Å²) >= 11 is 0. The first-order chi connectivity index (χ1) is 18.3. The zero-order valence-corrected chi connectivity index (χ0v) is 22.0. The summed E-state index contributed by atoms with van der Waals surface area (Å²) in [6.45, 7) is 6.77. The van der Waals surface area contributed by atoms with E-state index < -0.39 is 5.60 Å². The Morgan fingerprint density at radius 2 is 1.97 bits per heavy atom. The molecule has 1 atom stereocenters. The van der Waals surface area contributed by atoms with Gasteiger partial charge in [0.05, 0.1) is 23.8 Å². The molecule has 0 amide bonds. The molecule has 4 heterocycles. The quantitative estimate of drug-likeness (QED) is 0.289. The molecule has 0 spiro atoms. The van der Waals surface area contributed by atoms with E-state index in [-0.39, 0.29) is 18.7 Å². The molecular formula is C29H33N5O4. The summed E-state index contributed by atoms with van der Waals surface area (Å²) in [4.78, 5) is 16.7. The van der Waals surface area contributed by atoms with Crippen LogP contribution < -0.4 is 4.74 Å². The van der Waals surface area contributed by atoms with E-state index in [1.807, 2.05) is 68.0 Å². The Bertz CT molecular complexity index is 1360. The second-order valence-electron chi connectivity index (χ2n) is 10.4. The third-order valence-electron chi connectivity index (χ3n) is 6.11. The molecule has 1 aliphatic rings. The molecule has 0 saturated carbocycles. The lowest BCUT2D eigenvalue weighted by Crippen LogP contribution is -2.26. The van der Waals surface area contributed by atoms with Crippen LogP contribution in [0, 0.1) is 0 Å². The van der Waals surface area contributed by atoms with Crippen LogP contribution in [0.5, 0.6) is 5.75 Å². The second kappa shape index (κ2) is 11.2. The zero-order valence-electron chi connectivity index (χ0n) is 22.0. The molecule has 9 nitrogen and oxygen atoms in total. The smallest absolute Gasteiger partial charge is 0.328 e. The molecule has 3 aromatic heterocycles. The third-order valence-corrected chi connectivity index (χ3v) is 6.11. The lowest BCUT2D eigenvalue weighted by atomic mass is 10.1. The van der Waals surface area contributed by atoms with Gasteiger partial charge in [0.2, 0.25) is 0 Å². The van der Waals surface area contributed by atoms with E-state index in [0.29, 0.717) is 12.4 Å². The van der Waals surface area contributed by atoms with E-state index >= 15 is 0 Å². The Morgan fingerprint density at radius 3 is 2.74 bits per heavy atom. The highest BCUT2D eigenvalue weighted by Gasteiger charge is 2.20. The van der Waals surface area contributed by atoms with Gasteiger partial charge in [-0.2, -0.15) is 10.2 Å². The summed E-state index contributed by atoms with van der Waals surface area (Å²) < 4.78 is 20.8. The third kappa shape index (κ3) is 6.47. The minimum atomic E-state index is -0.524. The van der Waals surface area contributed by atoms with Crippen molar-refractivity contribution < 1.29 is 19.0 Å². The molecule has 0 bridgehead atoms. The maximum absolute atomic E-state index is 12.1. The normalized spacial score (nSPS) is 15.8. The van der Waals surface area contributed by atoms with Gasteiger partial charge in [-0.05, 0) is 75.4 Å². The topological polar surface area (TPSA) is 93.3 Å². The molecule has 1 fully saturated rings. The van der Waals surface area contributed by atoms with Crippen LogP contribution in [-0.2, 0) is 27.4 Å². The summed E-state index contributed by atoms with van der Waals surface area (Å²) in [5, 5.41) is 8.78. The first kappa shape index (κ1) is 25.7. The van der Waals surface area contributed by atoms with Gasteiger partial charge in [-0.1, -0.05) is 18.2 Å². The Hall–Kier alpha value is -3.98. The Labute approximate surface area is 222 Å². The van der Waals surface area contributed by atoms with E-state index in [4.69, 9.17) is 14.2 Å². The predicted molar refractivity (Wildman–Crippen MR) is 142 cm³/mol. The average molecular weight is 516 g/mol. The van der Waals surface area contributed by atoms with E-state index in [2.05, 4.69) is 21.2 Å². The van der Waals surface area contributed by atoms with Crippen LogP contribution in [0.4, 0.5) is 0 Å². The first-order valence-corrected chi connectivity index (χ1v) is 12.9. The lowest BCUT2D eigenvalue weighted by molar-refractivity contribution is -0.155. The van der Waals surface area contributed by atoms with E-state index in [9.17, 15) is 4.79 Å². The second-order valence-corrected chi connectivity index (χ2v) is 10.4. The predicted octanol–water partition coefficient (Wildman–Crippen LogP) is 5.43. The number of carbonyl (C=O) groups is 1. The van der Waals surface area contributed by atoms with Gasteiger partial charge < -0.3 is 14.2 Å². The number of esters is 1. The highest BCUT2D eigenvalue weighted by Crippen LogP contribution is 2.28. The van der Waals surface area contributed by atoms with Gasteiger partial charge in [0.25, 0.3) is 0 Å². The van der Waals surface area contributed by atoms with Gasteiger partial charge in [-0.25, -0.2) is 4.68 Å². The van der Waals surface area contributed by atoms with Crippen molar-refractivity contribution in [3.05, 3.63) is 72.8 Å². The van der Waals surface area contributed by atoms with Crippen molar-refractivity contribution in [2.45, 2.75) is 65.0 Å². The van der Waals surface area contributed by atoms with Crippen LogP contribution in [-0.4, -0.2) is 42.7 Å². The van der Waals surface area contributed by atoms with Gasteiger partial charge in [-0.15, -0.1) is 0 Å². The van der Waals surface area contributed by atoms with Gasteiger partial charge in [0.15, 0.2) is 6.23 Å². The first-order valence-electron chi connectivity index (χ1n) is 12.9. The minimum absolute atomic E-state index is 0.0387. The number of carbonyl (C=O) groups excluding carboxylic acids is 1. The summed E-state index contributed by atoms with van der Waals surface area (Å²) in [6, 6.07) is 13.9. The molecule has 9 heteroatoms. The van der Waals surface area contributed by atoms with Crippen LogP contribution in [0.1, 0.15) is 51.8 Å². The largest absolute Gasteiger partial charge is 0.487 e. The van der Waals surface area contributed by atoms with Gasteiger partial charge in [0.1, 0.15) is 24.5 Å². The molecule has 1 aromatic carbocycles. The molecule has 198 valence electrons. The van der Waals surface area contributed by atoms with Crippen molar-refractivity contribution in [1.29, 1.82) is 0 Å². The van der Waals surface area contributed by atoms with Crippen molar-refractivity contribution in [3.8, 4) is 28.3 Å². The van der Waals surface area contributed by atoms with Crippen LogP contribution in [0.15, 0.2) is 67.3 Å². The number of hydrogen-bond donors (Lipinski definition) is 0. The number of pyridine rings is 1. The molecule has 38 heavy (non-hydrogen) atoms. The maximum Gasteiger partial charge on any atom is 0.328 e. The highest BCUT2D eigenvalue weighted by atomic mass is 16.6. The number of hydrogen-bond acceptors (Lipinski definition) is 7. The van der Waals surface area contributed by atoms with Crippen molar-refractivity contribution in [2.24, 2.45) is 0 Å². The van der Waals surface area contributed by atoms with Crippen LogP contribution >= 0.6 is 0 Å². The molecule has 0 radical (unpaired) electrons. The van der Waals surface area contributed by atoms with Crippen molar-refractivity contribution in [2.75, 3.05) is 6.61 Å². The summed E-state index contributed by atoms with van der Waals surface area (Å²) in [5.41, 5.74) is 4.16. The molecule has 0 aliphatic carbocycles. The summed E-state index contributed by atoms with van der Waals surface area (Å²) in [6.07, 6.45) is 10.3. The number of rotatable bonds is 8. The number of aromatic nitrogens is 5. The molecule has 1 unspecified atom stereocenters. The number of nitrogens with zero attached hydrogens (tertiary/aromatic N) is 5. The standard InChI is InChI=1S/C29H33N5O4/c1-29(2,3)38-28(35)19-33-18-23(16-32-33)22-8-6-7-21(15-22)20-37-24-10-11-25(30-17-24)26-12-13-31-34(26)27-9-4-5-14-36-27/h6-8,10-13,15-18,27H,4-5,9,14,19-20H2,1-3H3. The molecule has 0 N–H and O–H groups in total. The molecule has 5 rings (SSSR count). The lowest BCUT2D eigenvalue weighted by Gasteiger charge is -2.24. The Morgan fingerprint density at radius 1 is 1.08 bits per heavy atom. The van der Waals surface area contributed by atoms with Crippen LogP contribution in [0.2, 0.25) is 0 Å². The van der Waals surface area contributed by atoms with E-state index in [0.717, 1.165) is 53.9 Å². The average Bonchev–Trinajstić information content (AvgIpc) is 3.58. The Kier molecular flexibility index (Phi) is 7.55. The maximum atomic E-state index is 12.1. The Balaban J connectivity index is 1.20. The van der Waals surface area contributed by atoms with Gasteiger partial charge in [-0.3, -0.25) is 14.5 Å². The van der Waals surface area contributed by atoms with Crippen molar-refractivity contribution in [3.63, 3.8) is 0 Å². The van der Waals surface area contributed by atoms with E-state index in [1.165, 1.54) is 0 Å². The van der Waals surface area contributed by atoms with E-state index in [1.54, 1.807) is 23.3 Å². The summed E-state index contributed by atoms with van der Waals surface area (Å²) in [7, 11) is 0. The number of benzene rings is 1. The summed E-state index contributed by atoms with van der Waals surface area (Å²) in [5.74, 6) is 0.366. The highest BCUT2D eigenvalue weighted by molar-refractivity contribution is 5.70. The molecule has 1 saturated heterocycles. The fourth-order valence-corrected chi connectivity index (χ4v) is 4.39. The fraction of sp³-hybridized carbons (Fsp3) is 0.379. The van der Waals surface area contributed by atoms with Crippen molar-refractivity contribution in [1.82, 2.24) is 24.5 Å². The monoisotopic (exact) mass is 515 g/mol. The molecule has 4 aromatic rings. The SMILES string of the molecule is CC(C)(C)OC(=O)Cn1cc(-c2cccc(COc3ccc(-c4ccnn4C4CCCCO4)nc3)c2)cn1. The fourth-order valence-electron chi connectivity index (χ4n) is 4.39. The van der Waals surface area contributed by atoms with Crippen LogP contribution in [0.3, 0.4) is 0 Å². The van der Waals surface area contributed by atoms with Gasteiger partial charge in [0, 0.05) is 24.6 Å². The zero-order chi connectivity index (χ0) is 26.5.